The van der Waals surface area contributed by atoms with Crippen LogP contribution in [-0.2, 0) is 9.53 Å². The van der Waals surface area contributed by atoms with Gasteiger partial charge in [0.1, 0.15) is 0 Å². The van der Waals surface area contributed by atoms with Crippen LogP contribution in [0.5, 0.6) is 0 Å². The summed E-state index contributed by atoms with van der Waals surface area (Å²) in [7, 11) is 1.87. The molecule has 2 fully saturated rings. The molecule has 4 heteroatoms. The number of ether oxygens (including phenoxy) is 1. The molecule has 0 bridgehead atoms. The van der Waals surface area contributed by atoms with E-state index in [0.717, 1.165) is 51.5 Å². The maximum atomic E-state index is 12.0. The van der Waals surface area contributed by atoms with Crippen molar-refractivity contribution in [1.82, 2.24) is 10.2 Å². The fourth-order valence-corrected chi connectivity index (χ4v) is 2.32. The number of piperidine rings is 1. The van der Waals surface area contributed by atoms with Crippen LogP contribution >= 0.6 is 0 Å². The first-order valence-electron chi connectivity index (χ1n) is 6.85. The first-order valence-corrected chi connectivity index (χ1v) is 6.85. The number of nitrogens with zero attached hydrogens (tertiary/aromatic N) is 1. The van der Waals surface area contributed by atoms with Gasteiger partial charge in [-0.15, -0.1) is 0 Å². The van der Waals surface area contributed by atoms with Crippen molar-refractivity contribution in [3.8, 4) is 0 Å². The molecule has 17 heavy (non-hydrogen) atoms. The number of carbonyl (C=O) groups is 1. The van der Waals surface area contributed by atoms with Crippen LogP contribution in [0.3, 0.4) is 0 Å². The molecule has 1 aliphatic carbocycles. The van der Waals surface area contributed by atoms with E-state index in [1.54, 1.807) is 0 Å². The van der Waals surface area contributed by atoms with Gasteiger partial charge in [0.15, 0.2) is 0 Å². The number of amides is 1. The van der Waals surface area contributed by atoms with Crippen LogP contribution in [0.2, 0.25) is 0 Å². The van der Waals surface area contributed by atoms with E-state index in [9.17, 15) is 4.79 Å². The molecule has 0 radical (unpaired) electrons. The molecule has 0 spiro atoms. The molecule has 1 atom stereocenters. The lowest BCUT2D eigenvalue weighted by molar-refractivity contribution is -0.136. The fraction of sp³-hybridized carbons (Fsp3) is 0.923. The van der Waals surface area contributed by atoms with Gasteiger partial charge in [0, 0.05) is 26.3 Å². The number of likely N-dealkylation sites (tertiary alicyclic amines) is 1. The maximum Gasteiger partial charge on any atom is 0.239 e. The highest BCUT2D eigenvalue weighted by Crippen LogP contribution is 2.28. The van der Waals surface area contributed by atoms with E-state index in [-0.39, 0.29) is 11.9 Å². The van der Waals surface area contributed by atoms with Gasteiger partial charge in [0.2, 0.25) is 5.91 Å². The third-order valence-electron chi connectivity index (χ3n) is 3.65. The molecule has 1 N–H and O–H groups in total. The summed E-state index contributed by atoms with van der Waals surface area (Å²) < 4.78 is 5.58. The lowest BCUT2D eigenvalue weighted by Crippen LogP contribution is -2.49. The zero-order valence-electron chi connectivity index (χ0n) is 10.8. The first-order chi connectivity index (χ1) is 8.31. The maximum absolute atomic E-state index is 12.0. The third kappa shape index (κ3) is 3.96. The molecule has 98 valence electrons. The Bertz CT molecular complexity index is 254. The Morgan fingerprint density at radius 2 is 2.24 bits per heavy atom. The molecule has 0 aromatic heterocycles. The van der Waals surface area contributed by atoms with Gasteiger partial charge >= 0.3 is 0 Å². The van der Waals surface area contributed by atoms with E-state index in [1.165, 1.54) is 12.8 Å². The monoisotopic (exact) mass is 240 g/mol. The number of hydrogen-bond acceptors (Lipinski definition) is 3. The number of hydrogen-bond donors (Lipinski definition) is 1. The molecule has 1 aliphatic heterocycles. The largest absolute Gasteiger partial charge is 0.381 e. The number of carbonyl (C=O) groups excluding carboxylic acids is 1. The van der Waals surface area contributed by atoms with E-state index in [1.807, 2.05) is 11.9 Å². The van der Waals surface area contributed by atoms with Gasteiger partial charge in [0.05, 0.1) is 6.04 Å². The topological polar surface area (TPSA) is 41.6 Å². The van der Waals surface area contributed by atoms with E-state index >= 15 is 0 Å². The van der Waals surface area contributed by atoms with Gasteiger partial charge in [-0.05, 0) is 45.1 Å². The Labute approximate surface area is 104 Å². The Hall–Kier alpha value is -0.610. The highest BCUT2D eigenvalue weighted by Gasteiger charge is 2.26. The first kappa shape index (κ1) is 12.8. The smallest absolute Gasteiger partial charge is 0.239 e. The standard InChI is InChI=1S/C13H24N2O2/c1-14-12-4-2-7-15(13(12)16)8-3-9-17-10-11-5-6-11/h11-12,14H,2-10H2,1H3. The predicted octanol–water partition coefficient (Wildman–Crippen LogP) is 1.01. The van der Waals surface area contributed by atoms with Crippen LogP contribution in [0.1, 0.15) is 32.1 Å². The average Bonchev–Trinajstić information content (AvgIpc) is 3.15. The highest BCUT2D eigenvalue weighted by molar-refractivity contribution is 5.82. The predicted molar refractivity (Wildman–Crippen MR) is 66.8 cm³/mol. The van der Waals surface area contributed by atoms with Crippen LogP contribution in [0.15, 0.2) is 0 Å². The van der Waals surface area contributed by atoms with Crippen LogP contribution in [0.25, 0.3) is 0 Å². The Morgan fingerprint density at radius 1 is 1.41 bits per heavy atom. The molecular formula is C13H24N2O2. The SMILES string of the molecule is CNC1CCCN(CCCOCC2CC2)C1=O. The van der Waals surface area contributed by atoms with Crippen molar-refractivity contribution in [3.63, 3.8) is 0 Å². The summed E-state index contributed by atoms with van der Waals surface area (Å²) in [4.78, 5) is 13.9. The number of rotatable bonds is 7. The van der Waals surface area contributed by atoms with Crippen molar-refractivity contribution in [2.75, 3.05) is 33.4 Å². The molecule has 1 saturated carbocycles. The lowest BCUT2D eigenvalue weighted by atomic mass is 10.0. The molecule has 0 aromatic rings. The Balaban J connectivity index is 1.58. The minimum Gasteiger partial charge on any atom is -0.381 e. The Kier molecular flexibility index (Phi) is 4.80. The van der Waals surface area contributed by atoms with Crippen LogP contribution in [0, 0.1) is 5.92 Å². The summed E-state index contributed by atoms with van der Waals surface area (Å²) in [6.07, 6.45) is 5.74. The van der Waals surface area contributed by atoms with Crippen molar-refractivity contribution in [2.24, 2.45) is 5.92 Å². The number of nitrogens with one attached hydrogen (secondary N) is 1. The van der Waals surface area contributed by atoms with E-state index < -0.39 is 0 Å². The lowest BCUT2D eigenvalue weighted by Gasteiger charge is -2.32. The van der Waals surface area contributed by atoms with Crippen LogP contribution in [0.4, 0.5) is 0 Å². The zero-order valence-corrected chi connectivity index (χ0v) is 10.8. The average molecular weight is 240 g/mol. The minimum absolute atomic E-state index is 0.0381. The van der Waals surface area contributed by atoms with Crippen molar-refractivity contribution in [2.45, 2.75) is 38.1 Å². The van der Waals surface area contributed by atoms with E-state index in [0.29, 0.717) is 0 Å². The minimum atomic E-state index is 0.0381. The molecule has 2 aliphatic rings. The molecule has 1 unspecified atom stereocenters. The number of likely N-dealkylation sites (N-methyl/N-ethyl adjacent to an activating group) is 1. The summed E-state index contributed by atoms with van der Waals surface area (Å²) in [5, 5.41) is 3.09. The van der Waals surface area contributed by atoms with Crippen molar-refractivity contribution < 1.29 is 9.53 Å². The normalized spacial score (nSPS) is 25.4. The Morgan fingerprint density at radius 3 is 2.94 bits per heavy atom. The molecule has 0 aromatic carbocycles. The van der Waals surface area contributed by atoms with Crippen molar-refractivity contribution in [3.05, 3.63) is 0 Å². The second kappa shape index (κ2) is 6.36. The third-order valence-corrected chi connectivity index (χ3v) is 3.65. The van der Waals surface area contributed by atoms with Gasteiger partial charge in [-0.1, -0.05) is 0 Å². The molecule has 2 rings (SSSR count). The van der Waals surface area contributed by atoms with Gasteiger partial charge in [-0.25, -0.2) is 0 Å². The molecule has 4 nitrogen and oxygen atoms in total. The summed E-state index contributed by atoms with van der Waals surface area (Å²) in [6, 6.07) is 0.0381. The quantitative estimate of drug-likeness (QED) is 0.675. The summed E-state index contributed by atoms with van der Waals surface area (Å²) in [5.41, 5.74) is 0. The van der Waals surface area contributed by atoms with Gasteiger partial charge in [0.25, 0.3) is 0 Å². The summed E-state index contributed by atoms with van der Waals surface area (Å²) in [6.45, 7) is 3.49. The fourth-order valence-electron chi connectivity index (χ4n) is 2.32. The van der Waals surface area contributed by atoms with E-state index in [2.05, 4.69) is 5.32 Å². The molecule has 1 amide bonds. The van der Waals surface area contributed by atoms with Crippen LogP contribution < -0.4 is 5.32 Å². The summed E-state index contributed by atoms with van der Waals surface area (Å²) in [5.74, 6) is 1.10. The van der Waals surface area contributed by atoms with Gasteiger partial charge < -0.3 is 15.0 Å². The highest BCUT2D eigenvalue weighted by atomic mass is 16.5. The van der Waals surface area contributed by atoms with Crippen molar-refractivity contribution >= 4 is 5.91 Å². The molecule has 1 heterocycles. The molecular weight excluding hydrogens is 216 g/mol. The van der Waals surface area contributed by atoms with Gasteiger partial charge in [-0.3, -0.25) is 4.79 Å². The second-order valence-corrected chi connectivity index (χ2v) is 5.18. The van der Waals surface area contributed by atoms with E-state index in [4.69, 9.17) is 4.74 Å². The van der Waals surface area contributed by atoms with Crippen molar-refractivity contribution in [1.29, 1.82) is 0 Å². The second-order valence-electron chi connectivity index (χ2n) is 5.18. The molecule has 1 saturated heterocycles. The van der Waals surface area contributed by atoms with Gasteiger partial charge in [-0.2, -0.15) is 0 Å². The summed E-state index contributed by atoms with van der Waals surface area (Å²) >= 11 is 0. The zero-order chi connectivity index (χ0) is 12.1. The van der Waals surface area contributed by atoms with Crippen LogP contribution in [-0.4, -0.2) is 50.2 Å².